The number of halogens is 1. The number of rotatable bonds is 5. The third-order valence-electron chi connectivity index (χ3n) is 2.53. The third kappa shape index (κ3) is 3.09. The van der Waals surface area contributed by atoms with Gasteiger partial charge in [0.1, 0.15) is 5.02 Å². The number of nitrogens with zero attached hydrogens (tertiary/aromatic N) is 4. The van der Waals surface area contributed by atoms with Crippen molar-refractivity contribution in [2.24, 2.45) is 0 Å². The van der Waals surface area contributed by atoms with Gasteiger partial charge in [-0.2, -0.15) is 0 Å². The van der Waals surface area contributed by atoms with E-state index in [2.05, 4.69) is 10.3 Å². The van der Waals surface area contributed by atoms with Crippen molar-refractivity contribution in [1.29, 1.82) is 0 Å². The standard InChI is InChI=1S/C11H9ClN4O4/c12-9-3-2-8(5-10(9)16(19)20)15-6-7(13-14-15)1-4-11(17)18/h2-3,5-6H,1,4H2,(H,17,18). The van der Waals surface area contributed by atoms with Gasteiger partial charge in [-0.1, -0.05) is 16.8 Å². The molecule has 0 atom stereocenters. The highest BCUT2D eigenvalue weighted by Crippen LogP contribution is 2.26. The number of aliphatic carboxylic acids is 1. The predicted molar refractivity (Wildman–Crippen MR) is 69.0 cm³/mol. The van der Waals surface area contributed by atoms with Crippen molar-refractivity contribution in [3.8, 4) is 5.69 Å². The molecule has 1 N–H and O–H groups in total. The molecule has 20 heavy (non-hydrogen) atoms. The second-order valence-electron chi connectivity index (χ2n) is 3.94. The van der Waals surface area contributed by atoms with Crippen molar-refractivity contribution >= 4 is 23.3 Å². The highest BCUT2D eigenvalue weighted by molar-refractivity contribution is 6.32. The minimum absolute atomic E-state index is 0.0324. The lowest BCUT2D eigenvalue weighted by molar-refractivity contribution is -0.384. The Morgan fingerprint density at radius 2 is 2.25 bits per heavy atom. The molecule has 2 rings (SSSR count). The fraction of sp³-hybridized carbons (Fsp3) is 0.182. The lowest BCUT2D eigenvalue weighted by Gasteiger charge is -2.01. The van der Waals surface area contributed by atoms with E-state index in [0.29, 0.717) is 11.4 Å². The number of carbonyl (C=O) groups is 1. The molecule has 0 radical (unpaired) electrons. The molecule has 2 aromatic rings. The molecule has 0 saturated heterocycles. The summed E-state index contributed by atoms with van der Waals surface area (Å²) in [4.78, 5) is 20.7. The highest BCUT2D eigenvalue weighted by atomic mass is 35.5. The van der Waals surface area contributed by atoms with Gasteiger partial charge in [0.25, 0.3) is 5.69 Å². The van der Waals surface area contributed by atoms with Crippen molar-refractivity contribution in [1.82, 2.24) is 15.0 Å². The smallest absolute Gasteiger partial charge is 0.303 e. The Bertz CT molecular complexity index is 670. The van der Waals surface area contributed by atoms with Gasteiger partial charge < -0.3 is 5.11 Å². The molecule has 9 heteroatoms. The summed E-state index contributed by atoms with van der Waals surface area (Å²) in [7, 11) is 0. The second-order valence-corrected chi connectivity index (χ2v) is 4.35. The summed E-state index contributed by atoms with van der Waals surface area (Å²) < 4.78 is 1.33. The number of nitro groups is 1. The van der Waals surface area contributed by atoms with Crippen LogP contribution in [0.25, 0.3) is 5.69 Å². The maximum absolute atomic E-state index is 10.8. The summed E-state index contributed by atoms with van der Waals surface area (Å²) in [6.45, 7) is 0. The van der Waals surface area contributed by atoms with E-state index >= 15 is 0 Å². The quantitative estimate of drug-likeness (QED) is 0.665. The lowest BCUT2D eigenvalue weighted by atomic mass is 10.2. The van der Waals surface area contributed by atoms with Gasteiger partial charge in [-0.15, -0.1) is 5.10 Å². The maximum atomic E-state index is 10.8. The average Bonchev–Trinajstić information content (AvgIpc) is 2.85. The first kappa shape index (κ1) is 13.9. The molecule has 0 fully saturated rings. The average molecular weight is 297 g/mol. The van der Waals surface area contributed by atoms with Crippen LogP contribution in [0.3, 0.4) is 0 Å². The molecule has 0 unspecified atom stereocenters. The van der Waals surface area contributed by atoms with Crippen LogP contribution in [0.1, 0.15) is 12.1 Å². The SMILES string of the molecule is O=C(O)CCc1cn(-c2ccc(Cl)c([N+](=O)[O-])c2)nn1. The van der Waals surface area contributed by atoms with Crippen LogP contribution in [0.15, 0.2) is 24.4 Å². The van der Waals surface area contributed by atoms with Gasteiger partial charge in [-0.25, -0.2) is 4.68 Å². The zero-order valence-electron chi connectivity index (χ0n) is 10.1. The fourth-order valence-electron chi connectivity index (χ4n) is 1.56. The number of aryl methyl sites for hydroxylation is 1. The minimum atomic E-state index is -0.929. The molecule has 0 bridgehead atoms. The van der Waals surface area contributed by atoms with Crippen LogP contribution in [-0.2, 0) is 11.2 Å². The van der Waals surface area contributed by atoms with Crippen LogP contribution in [-0.4, -0.2) is 31.0 Å². The Kier molecular flexibility index (Phi) is 3.94. The lowest BCUT2D eigenvalue weighted by Crippen LogP contribution is -1.98. The highest BCUT2D eigenvalue weighted by Gasteiger charge is 2.14. The largest absolute Gasteiger partial charge is 0.481 e. The first-order valence-electron chi connectivity index (χ1n) is 5.54. The predicted octanol–water partition coefficient (Wildman–Crippen LogP) is 1.85. The maximum Gasteiger partial charge on any atom is 0.303 e. The van der Waals surface area contributed by atoms with Crippen LogP contribution < -0.4 is 0 Å². The third-order valence-corrected chi connectivity index (χ3v) is 2.85. The van der Waals surface area contributed by atoms with Crippen LogP contribution >= 0.6 is 11.6 Å². The summed E-state index contributed by atoms with van der Waals surface area (Å²) >= 11 is 5.72. The summed E-state index contributed by atoms with van der Waals surface area (Å²) in [5.74, 6) is -0.929. The molecular formula is C11H9ClN4O4. The van der Waals surface area contributed by atoms with Gasteiger partial charge in [0.2, 0.25) is 0 Å². The van der Waals surface area contributed by atoms with Gasteiger partial charge >= 0.3 is 5.97 Å². The summed E-state index contributed by atoms with van der Waals surface area (Å²) in [5.41, 5.74) is 0.687. The molecule has 0 aliphatic rings. The monoisotopic (exact) mass is 296 g/mol. The molecule has 0 aliphatic heterocycles. The Labute approximate surface area is 117 Å². The molecule has 104 valence electrons. The Morgan fingerprint density at radius 3 is 2.90 bits per heavy atom. The van der Waals surface area contributed by atoms with Crippen LogP contribution in [0, 0.1) is 10.1 Å². The number of carboxylic acids is 1. The molecule has 0 saturated carbocycles. The van der Waals surface area contributed by atoms with E-state index in [1.807, 2.05) is 0 Å². The van der Waals surface area contributed by atoms with Crippen molar-refractivity contribution in [3.05, 3.63) is 45.2 Å². The van der Waals surface area contributed by atoms with E-state index in [1.54, 1.807) is 6.07 Å². The van der Waals surface area contributed by atoms with E-state index in [4.69, 9.17) is 16.7 Å². The van der Waals surface area contributed by atoms with Gasteiger partial charge in [0, 0.05) is 12.5 Å². The van der Waals surface area contributed by atoms with E-state index in [9.17, 15) is 14.9 Å². The zero-order valence-corrected chi connectivity index (χ0v) is 10.8. The number of nitro benzene ring substituents is 1. The van der Waals surface area contributed by atoms with Crippen molar-refractivity contribution in [2.75, 3.05) is 0 Å². The normalized spacial score (nSPS) is 10.4. The topological polar surface area (TPSA) is 111 Å². The Balaban J connectivity index is 2.26. The van der Waals surface area contributed by atoms with Crippen molar-refractivity contribution < 1.29 is 14.8 Å². The molecule has 1 heterocycles. The van der Waals surface area contributed by atoms with Gasteiger partial charge in [-0.3, -0.25) is 14.9 Å². The minimum Gasteiger partial charge on any atom is -0.481 e. The van der Waals surface area contributed by atoms with E-state index < -0.39 is 10.9 Å². The Morgan fingerprint density at radius 1 is 1.50 bits per heavy atom. The molecule has 0 spiro atoms. The summed E-state index contributed by atoms with van der Waals surface area (Å²) in [5, 5.41) is 27.0. The molecule has 1 aromatic heterocycles. The van der Waals surface area contributed by atoms with Gasteiger partial charge in [-0.05, 0) is 12.1 Å². The Hall–Kier alpha value is -2.48. The van der Waals surface area contributed by atoms with E-state index in [-0.39, 0.29) is 23.6 Å². The first-order valence-corrected chi connectivity index (χ1v) is 5.92. The van der Waals surface area contributed by atoms with Crippen molar-refractivity contribution in [3.63, 3.8) is 0 Å². The fourth-order valence-corrected chi connectivity index (χ4v) is 1.74. The number of aromatic nitrogens is 3. The van der Waals surface area contributed by atoms with E-state index in [1.165, 1.54) is 23.0 Å². The van der Waals surface area contributed by atoms with E-state index in [0.717, 1.165) is 0 Å². The summed E-state index contributed by atoms with van der Waals surface area (Å²) in [6.07, 6.45) is 1.71. The number of benzene rings is 1. The zero-order chi connectivity index (χ0) is 14.7. The molecule has 0 aliphatic carbocycles. The molecule has 0 amide bonds. The molecule has 1 aromatic carbocycles. The second kappa shape index (κ2) is 5.66. The van der Waals surface area contributed by atoms with Crippen LogP contribution in [0.4, 0.5) is 5.69 Å². The molecule has 8 nitrogen and oxygen atoms in total. The van der Waals surface area contributed by atoms with Gasteiger partial charge in [0.15, 0.2) is 0 Å². The number of hydrogen-bond donors (Lipinski definition) is 1. The number of carboxylic acid groups (broad SMARTS) is 1. The van der Waals surface area contributed by atoms with Crippen LogP contribution in [0.2, 0.25) is 5.02 Å². The van der Waals surface area contributed by atoms with Crippen LogP contribution in [0.5, 0.6) is 0 Å². The first-order chi connectivity index (χ1) is 9.47. The molecular weight excluding hydrogens is 288 g/mol. The van der Waals surface area contributed by atoms with Gasteiger partial charge in [0.05, 0.1) is 28.9 Å². The van der Waals surface area contributed by atoms with Crippen molar-refractivity contribution in [2.45, 2.75) is 12.8 Å². The number of hydrogen-bond acceptors (Lipinski definition) is 5. The summed E-state index contributed by atoms with van der Waals surface area (Å²) in [6, 6.07) is 4.23.